The summed E-state index contributed by atoms with van der Waals surface area (Å²) < 4.78 is 50.1. The molecule has 1 N–H and O–H groups in total. The maximum absolute atomic E-state index is 15.0. The van der Waals surface area contributed by atoms with Crippen LogP contribution in [0.1, 0.15) is 68.6 Å². The molecule has 212 valence electrons. The normalized spacial score (nSPS) is 15.9. The summed E-state index contributed by atoms with van der Waals surface area (Å²) in [5.41, 5.74) is 4.10. The Bertz CT molecular complexity index is 1310. The zero-order chi connectivity index (χ0) is 28.5. The quantitative estimate of drug-likeness (QED) is 0.170. The molecule has 2 atom stereocenters. The molecular weight excluding hydrogens is 509 g/mol. The van der Waals surface area contributed by atoms with Crippen molar-refractivity contribution in [2.45, 2.75) is 70.8 Å². The number of aryl methyl sites for hydroxylation is 2. The fourth-order valence-electron chi connectivity index (χ4n) is 5.36. The van der Waals surface area contributed by atoms with Crippen LogP contribution < -0.4 is 4.74 Å². The summed E-state index contributed by atoms with van der Waals surface area (Å²) in [4.78, 5) is 0. The van der Waals surface area contributed by atoms with Crippen LogP contribution >= 0.6 is 0 Å². The number of halogens is 3. The molecule has 0 heterocycles. The van der Waals surface area contributed by atoms with E-state index in [1.54, 1.807) is 18.2 Å². The van der Waals surface area contributed by atoms with Crippen LogP contribution in [0.25, 0.3) is 16.7 Å². The van der Waals surface area contributed by atoms with Crippen molar-refractivity contribution in [3.05, 3.63) is 107 Å². The first-order chi connectivity index (χ1) is 19.4. The average molecular weight is 549 g/mol. The smallest absolute Gasteiger partial charge is 0.166 e. The van der Waals surface area contributed by atoms with E-state index in [0.29, 0.717) is 43.4 Å². The molecule has 0 bridgehead atoms. The highest BCUT2D eigenvalue weighted by atomic mass is 19.2. The molecule has 0 fully saturated rings. The summed E-state index contributed by atoms with van der Waals surface area (Å²) in [5, 5.41) is 10.3. The van der Waals surface area contributed by atoms with Crippen LogP contribution in [-0.4, -0.2) is 17.8 Å². The molecular formula is C35H39F3O2. The van der Waals surface area contributed by atoms with Gasteiger partial charge in [-0.05, 0) is 97.2 Å². The van der Waals surface area contributed by atoms with Crippen molar-refractivity contribution < 1.29 is 23.0 Å². The van der Waals surface area contributed by atoms with E-state index in [-0.39, 0.29) is 17.8 Å². The second-order valence-corrected chi connectivity index (χ2v) is 10.6. The maximum Gasteiger partial charge on any atom is 0.166 e. The number of hydrogen-bond donors (Lipinski definition) is 1. The molecule has 4 rings (SSSR count). The fraction of sp³-hybridized carbons (Fsp3) is 0.371. The molecule has 1 aliphatic rings. The number of unbranched alkanes of at least 4 members (excludes halogenated alkanes) is 1. The Morgan fingerprint density at radius 3 is 2.45 bits per heavy atom. The van der Waals surface area contributed by atoms with Crippen molar-refractivity contribution in [1.29, 1.82) is 0 Å². The zero-order valence-electron chi connectivity index (χ0n) is 23.3. The Kier molecular flexibility index (Phi) is 10.7. The van der Waals surface area contributed by atoms with E-state index in [0.717, 1.165) is 54.4 Å². The van der Waals surface area contributed by atoms with Crippen LogP contribution in [0.5, 0.6) is 5.75 Å². The second-order valence-electron chi connectivity index (χ2n) is 10.6. The fourth-order valence-corrected chi connectivity index (χ4v) is 5.36. The molecule has 0 saturated heterocycles. The van der Waals surface area contributed by atoms with Crippen LogP contribution in [0, 0.1) is 23.4 Å². The van der Waals surface area contributed by atoms with Gasteiger partial charge in [-0.2, -0.15) is 0 Å². The first-order valence-electron chi connectivity index (χ1n) is 14.4. The lowest BCUT2D eigenvalue weighted by Gasteiger charge is -2.26. The van der Waals surface area contributed by atoms with Crippen molar-refractivity contribution in [3.63, 3.8) is 0 Å². The third-order valence-corrected chi connectivity index (χ3v) is 7.80. The minimum atomic E-state index is -0.790. The molecule has 0 amide bonds. The monoisotopic (exact) mass is 548 g/mol. The van der Waals surface area contributed by atoms with E-state index in [1.165, 1.54) is 6.07 Å². The van der Waals surface area contributed by atoms with Gasteiger partial charge in [-0.25, -0.2) is 13.2 Å². The number of ether oxygens (including phenoxy) is 1. The van der Waals surface area contributed by atoms with Gasteiger partial charge in [0.05, 0.1) is 12.7 Å². The number of aliphatic hydroxyl groups excluding tert-OH is 1. The largest absolute Gasteiger partial charge is 0.491 e. The minimum Gasteiger partial charge on any atom is -0.491 e. The molecule has 0 aromatic heterocycles. The van der Waals surface area contributed by atoms with Crippen LogP contribution in [0.3, 0.4) is 0 Å². The Hall–Kier alpha value is -3.31. The van der Waals surface area contributed by atoms with Crippen LogP contribution in [0.15, 0.2) is 73.3 Å². The second kappa shape index (κ2) is 14.4. The van der Waals surface area contributed by atoms with E-state index in [9.17, 15) is 9.50 Å². The third-order valence-electron chi connectivity index (χ3n) is 7.80. The maximum atomic E-state index is 15.0. The van der Waals surface area contributed by atoms with Gasteiger partial charge in [-0.15, -0.1) is 6.58 Å². The van der Waals surface area contributed by atoms with E-state index < -0.39 is 17.5 Å². The summed E-state index contributed by atoms with van der Waals surface area (Å²) in [5.74, 6) is -1.56. The molecule has 0 aliphatic heterocycles. The lowest BCUT2D eigenvalue weighted by molar-refractivity contribution is 0.0934. The number of rotatable bonds is 13. The summed E-state index contributed by atoms with van der Waals surface area (Å²) in [7, 11) is 0. The molecule has 0 spiro atoms. The van der Waals surface area contributed by atoms with Crippen molar-refractivity contribution in [2.24, 2.45) is 5.92 Å². The van der Waals surface area contributed by atoms with Crippen molar-refractivity contribution in [2.75, 3.05) is 6.61 Å². The highest BCUT2D eigenvalue weighted by Crippen LogP contribution is 2.35. The van der Waals surface area contributed by atoms with Crippen molar-refractivity contribution in [3.8, 4) is 16.9 Å². The van der Waals surface area contributed by atoms with Gasteiger partial charge in [-0.3, -0.25) is 0 Å². The summed E-state index contributed by atoms with van der Waals surface area (Å²) in [6.45, 7) is 6.16. The van der Waals surface area contributed by atoms with E-state index in [1.807, 2.05) is 49.4 Å². The minimum absolute atomic E-state index is 0.187. The first-order valence-corrected chi connectivity index (χ1v) is 14.4. The Labute approximate surface area is 236 Å². The van der Waals surface area contributed by atoms with Gasteiger partial charge in [-0.1, -0.05) is 68.0 Å². The molecule has 5 heteroatoms. The van der Waals surface area contributed by atoms with Crippen molar-refractivity contribution in [1.82, 2.24) is 0 Å². The van der Waals surface area contributed by atoms with Gasteiger partial charge in [0.2, 0.25) is 0 Å². The van der Waals surface area contributed by atoms with Crippen LogP contribution in [0.4, 0.5) is 13.2 Å². The van der Waals surface area contributed by atoms with E-state index in [2.05, 4.69) is 6.58 Å². The molecule has 3 aromatic carbocycles. The van der Waals surface area contributed by atoms with Gasteiger partial charge < -0.3 is 9.84 Å². The zero-order valence-corrected chi connectivity index (χ0v) is 23.3. The van der Waals surface area contributed by atoms with E-state index >= 15 is 8.78 Å². The molecule has 3 aromatic rings. The lowest BCUT2D eigenvalue weighted by Crippen LogP contribution is -2.22. The first kappa shape index (κ1) is 29.7. The summed E-state index contributed by atoms with van der Waals surface area (Å²) >= 11 is 0. The van der Waals surface area contributed by atoms with Gasteiger partial charge >= 0.3 is 0 Å². The predicted octanol–water partition coefficient (Wildman–Crippen LogP) is 9.25. The average Bonchev–Trinajstić information content (AvgIpc) is 2.97. The summed E-state index contributed by atoms with van der Waals surface area (Å²) in [6, 6.07) is 16.0. The molecule has 1 aliphatic carbocycles. The highest BCUT2D eigenvalue weighted by molar-refractivity contribution is 5.67. The van der Waals surface area contributed by atoms with Gasteiger partial charge in [0.25, 0.3) is 0 Å². The number of benzene rings is 3. The lowest BCUT2D eigenvalue weighted by atomic mass is 9.82. The number of aliphatic hydroxyl groups is 1. The molecule has 2 unspecified atom stereocenters. The molecule has 0 saturated carbocycles. The predicted molar refractivity (Wildman–Crippen MR) is 157 cm³/mol. The van der Waals surface area contributed by atoms with Crippen molar-refractivity contribution >= 4 is 5.57 Å². The van der Waals surface area contributed by atoms with E-state index in [4.69, 9.17) is 4.74 Å². The Morgan fingerprint density at radius 2 is 1.77 bits per heavy atom. The topological polar surface area (TPSA) is 29.5 Å². The number of allylic oxidation sites excluding steroid dienone is 3. The standard InChI is InChI=1S/C35H39F3O2/c1-3-5-6-22-40-33-21-19-29(23-31(33)36)25-11-8-24(9-12-25)10-13-28-18-20-30(35(38)34(28)37)26-14-16-27(17-15-26)32(39)7-4-2/h3,8-9,11-12,14,18-21,23,27,32,39H,1,4-7,10,13,15-17,22H2,2H3. The summed E-state index contributed by atoms with van der Waals surface area (Å²) in [6.07, 6.45) is 9.80. The van der Waals surface area contributed by atoms with Crippen LogP contribution in [-0.2, 0) is 12.8 Å². The van der Waals surface area contributed by atoms with Gasteiger partial charge in [0.15, 0.2) is 23.2 Å². The SMILES string of the molecule is C=CCCCOc1ccc(-c2ccc(CCc3ccc(C4=CCC(C(O)CCC)CC4)c(F)c3F)cc2)cc1F. The van der Waals surface area contributed by atoms with Gasteiger partial charge in [0.1, 0.15) is 0 Å². The third kappa shape index (κ3) is 7.45. The number of hydrogen-bond acceptors (Lipinski definition) is 2. The molecule has 2 nitrogen and oxygen atoms in total. The molecule has 0 radical (unpaired) electrons. The van der Waals surface area contributed by atoms with Gasteiger partial charge in [0, 0.05) is 5.56 Å². The van der Waals surface area contributed by atoms with Crippen LogP contribution in [0.2, 0.25) is 0 Å². The molecule has 40 heavy (non-hydrogen) atoms. The Balaban J connectivity index is 1.36. The highest BCUT2D eigenvalue weighted by Gasteiger charge is 2.24. The Morgan fingerprint density at radius 1 is 1.00 bits per heavy atom.